The zero-order valence-corrected chi connectivity index (χ0v) is 16.2. The maximum atomic E-state index is 14.3. The maximum absolute atomic E-state index is 14.3. The normalized spacial score (nSPS) is 15.2. The van der Waals surface area contributed by atoms with Crippen molar-refractivity contribution in [3.05, 3.63) is 58.5 Å². The Morgan fingerprint density at radius 2 is 2.00 bits per heavy atom. The first-order valence-electron chi connectivity index (χ1n) is 8.07. The number of amides is 1. The van der Waals surface area contributed by atoms with Gasteiger partial charge in [-0.25, -0.2) is 13.6 Å². The fraction of sp³-hybridized carbons (Fsp3) is 0.0526. The number of pyridine rings is 1. The molecule has 0 aliphatic carbocycles. The van der Waals surface area contributed by atoms with Gasteiger partial charge >= 0.3 is 5.97 Å². The molecular formula is C19H10F2N2O4S2. The Morgan fingerprint density at radius 1 is 1.28 bits per heavy atom. The zero-order valence-electron chi connectivity index (χ0n) is 14.6. The molecule has 1 saturated heterocycles. The second kappa shape index (κ2) is 7.37. The van der Waals surface area contributed by atoms with Crippen molar-refractivity contribution in [2.24, 2.45) is 0 Å². The van der Waals surface area contributed by atoms with Crippen LogP contribution >= 0.6 is 24.0 Å². The molecule has 146 valence electrons. The number of ether oxygens (including phenoxy) is 1. The van der Waals surface area contributed by atoms with E-state index < -0.39 is 23.2 Å². The van der Waals surface area contributed by atoms with Crippen LogP contribution in [0.15, 0.2) is 39.9 Å². The summed E-state index contributed by atoms with van der Waals surface area (Å²) < 4.78 is 39.2. The summed E-state index contributed by atoms with van der Waals surface area (Å²) in [5.74, 6) is -3.22. The number of aromatic nitrogens is 1. The van der Waals surface area contributed by atoms with Gasteiger partial charge in [0.1, 0.15) is 32.9 Å². The van der Waals surface area contributed by atoms with E-state index in [4.69, 9.17) is 16.6 Å². The molecule has 6 nitrogen and oxygen atoms in total. The Balaban J connectivity index is 1.81. The number of hydrogen-bond donors (Lipinski definition) is 1. The molecule has 1 aromatic carbocycles. The third-order valence-electron chi connectivity index (χ3n) is 4.10. The Morgan fingerprint density at radius 3 is 2.62 bits per heavy atom. The predicted octanol–water partition coefficient (Wildman–Crippen LogP) is 4.05. The number of nitrogens with one attached hydrogen (secondary N) is 1. The minimum Gasteiger partial charge on any atom is -0.465 e. The van der Waals surface area contributed by atoms with E-state index in [1.807, 2.05) is 0 Å². The van der Waals surface area contributed by atoms with E-state index in [1.165, 1.54) is 18.5 Å². The molecule has 1 aliphatic heterocycles. The summed E-state index contributed by atoms with van der Waals surface area (Å²) >= 11 is 6.05. The number of nitrogens with zero attached hydrogens (tertiary/aromatic N) is 1. The van der Waals surface area contributed by atoms with Crippen LogP contribution < -0.4 is 5.32 Å². The fourth-order valence-electron chi connectivity index (χ4n) is 2.83. The summed E-state index contributed by atoms with van der Waals surface area (Å²) in [7, 11) is 1.04. The molecule has 1 fully saturated rings. The van der Waals surface area contributed by atoms with Gasteiger partial charge in [0.05, 0.1) is 12.0 Å². The lowest BCUT2D eigenvalue weighted by atomic mass is 10.0. The van der Waals surface area contributed by atoms with Crippen LogP contribution in [0.4, 0.5) is 8.78 Å². The van der Waals surface area contributed by atoms with Crippen molar-refractivity contribution in [2.75, 3.05) is 7.11 Å². The van der Waals surface area contributed by atoms with Crippen molar-refractivity contribution in [2.45, 2.75) is 0 Å². The van der Waals surface area contributed by atoms with Crippen LogP contribution in [0.5, 0.6) is 0 Å². The Kier molecular flexibility index (Phi) is 4.89. The average molecular weight is 432 g/mol. The molecule has 0 spiro atoms. The van der Waals surface area contributed by atoms with Gasteiger partial charge in [0.15, 0.2) is 0 Å². The van der Waals surface area contributed by atoms with Crippen LogP contribution in [0, 0.1) is 11.6 Å². The summed E-state index contributed by atoms with van der Waals surface area (Å²) in [6, 6.07) is 3.65. The second-order valence-electron chi connectivity index (χ2n) is 5.91. The van der Waals surface area contributed by atoms with Crippen molar-refractivity contribution >= 4 is 57.2 Å². The number of thiocarbonyl (C=S) groups is 1. The van der Waals surface area contributed by atoms with Gasteiger partial charge in [-0.3, -0.25) is 9.78 Å². The number of esters is 1. The van der Waals surface area contributed by atoms with Crippen LogP contribution in [-0.2, 0) is 9.53 Å². The number of methoxy groups -OCH3 is 1. The molecule has 1 aliphatic rings. The molecule has 1 amide bonds. The summed E-state index contributed by atoms with van der Waals surface area (Å²) in [4.78, 5) is 27.8. The topological polar surface area (TPSA) is 81.4 Å². The highest BCUT2D eigenvalue weighted by atomic mass is 32.2. The number of furan rings is 1. The van der Waals surface area contributed by atoms with E-state index >= 15 is 0 Å². The summed E-state index contributed by atoms with van der Waals surface area (Å²) in [5, 5.41) is 3.07. The third kappa shape index (κ3) is 3.52. The number of hydrogen-bond acceptors (Lipinski definition) is 7. The van der Waals surface area contributed by atoms with Crippen LogP contribution in [0.2, 0.25) is 0 Å². The SMILES string of the molecule is COC(=O)c1c(F)cc(-c2cncc3cc(/C=C4\SC(=S)NC4=O)oc23)cc1F. The molecule has 0 atom stereocenters. The van der Waals surface area contributed by atoms with Crippen LogP contribution in [0.25, 0.3) is 28.2 Å². The van der Waals surface area contributed by atoms with Gasteiger partial charge in [0.25, 0.3) is 5.91 Å². The lowest BCUT2D eigenvalue weighted by Crippen LogP contribution is -2.17. The lowest BCUT2D eigenvalue weighted by molar-refractivity contribution is -0.115. The van der Waals surface area contributed by atoms with Crippen molar-refractivity contribution in [3.8, 4) is 11.1 Å². The Bertz CT molecular complexity index is 1210. The number of benzene rings is 1. The number of halogens is 2. The smallest absolute Gasteiger partial charge is 0.343 e. The van der Waals surface area contributed by atoms with Gasteiger partial charge in [-0.05, 0) is 23.8 Å². The molecule has 1 N–H and O–H groups in total. The third-order valence-corrected chi connectivity index (χ3v) is 5.26. The van der Waals surface area contributed by atoms with E-state index in [2.05, 4.69) is 15.0 Å². The van der Waals surface area contributed by atoms with E-state index in [0.29, 0.717) is 31.5 Å². The zero-order chi connectivity index (χ0) is 20.7. The Hall–Kier alpha value is -3.11. The largest absolute Gasteiger partial charge is 0.465 e. The van der Waals surface area contributed by atoms with Gasteiger partial charge in [0, 0.05) is 29.4 Å². The molecule has 0 saturated carbocycles. The second-order valence-corrected chi connectivity index (χ2v) is 7.63. The number of carbonyl (C=O) groups excluding carboxylic acids is 2. The van der Waals surface area contributed by atoms with E-state index in [1.54, 1.807) is 6.07 Å². The highest BCUT2D eigenvalue weighted by Gasteiger charge is 2.24. The molecule has 3 aromatic rings. The standard InChI is InChI=1S/C19H10F2N2O4S2/c1-26-18(25)15-12(20)3-8(4-13(15)21)11-7-22-6-9-2-10(27-16(9)11)5-14-17(24)23-19(28)29-14/h2-7H,1H3,(H,23,24,28)/b14-5-. The van der Waals surface area contributed by atoms with Gasteiger partial charge in [-0.2, -0.15) is 0 Å². The van der Waals surface area contributed by atoms with Crippen molar-refractivity contribution < 1.29 is 27.5 Å². The molecule has 0 unspecified atom stereocenters. The summed E-state index contributed by atoms with van der Waals surface area (Å²) in [6.07, 6.45) is 4.43. The predicted molar refractivity (Wildman–Crippen MR) is 107 cm³/mol. The van der Waals surface area contributed by atoms with Gasteiger partial charge in [-0.15, -0.1) is 0 Å². The molecule has 0 bridgehead atoms. The molecule has 29 heavy (non-hydrogen) atoms. The molecule has 2 aromatic heterocycles. The van der Waals surface area contributed by atoms with Crippen LogP contribution in [0.1, 0.15) is 16.1 Å². The first-order valence-corrected chi connectivity index (χ1v) is 9.30. The lowest BCUT2D eigenvalue weighted by Gasteiger charge is -2.07. The average Bonchev–Trinajstić information content (AvgIpc) is 3.22. The highest BCUT2D eigenvalue weighted by Crippen LogP contribution is 2.34. The quantitative estimate of drug-likeness (QED) is 0.380. The van der Waals surface area contributed by atoms with E-state index in [0.717, 1.165) is 31.0 Å². The first kappa shape index (κ1) is 19.2. The minimum absolute atomic E-state index is 0.133. The van der Waals surface area contributed by atoms with E-state index in [9.17, 15) is 18.4 Å². The number of fused-ring (bicyclic) bond motifs is 1. The summed E-state index contributed by atoms with van der Waals surface area (Å²) in [6.45, 7) is 0. The van der Waals surface area contributed by atoms with Crippen molar-refractivity contribution in [1.82, 2.24) is 10.3 Å². The molecule has 10 heteroatoms. The van der Waals surface area contributed by atoms with Crippen LogP contribution in [0.3, 0.4) is 0 Å². The van der Waals surface area contributed by atoms with Crippen molar-refractivity contribution in [3.63, 3.8) is 0 Å². The molecular weight excluding hydrogens is 422 g/mol. The molecule has 3 heterocycles. The Labute approximate surface area is 171 Å². The summed E-state index contributed by atoms with van der Waals surface area (Å²) in [5.41, 5.74) is -0.00202. The van der Waals surface area contributed by atoms with E-state index in [-0.39, 0.29) is 11.5 Å². The number of thioether (sulfide) groups is 1. The minimum atomic E-state index is -1.11. The number of carbonyl (C=O) groups is 2. The number of rotatable bonds is 3. The molecule has 0 radical (unpaired) electrons. The highest BCUT2D eigenvalue weighted by molar-refractivity contribution is 8.26. The van der Waals surface area contributed by atoms with Crippen LogP contribution in [-0.4, -0.2) is 28.3 Å². The fourth-order valence-corrected chi connectivity index (χ4v) is 3.86. The monoisotopic (exact) mass is 432 g/mol. The maximum Gasteiger partial charge on any atom is 0.343 e. The molecule has 4 rings (SSSR count). The van der Waals surface area contributed by atoms with Gasteiger partial charge in [0.2, 0.25) is 0 Å². The van der Waals surface area contributed by atoms with Gasteiger partial charge < -0.3 is 14.5 Å². The first-order chi connectivity index (χ1) is 13.9. The van der Waals surface area contributed by atoms with Crippen molar-refractivity contribution in [1.29, 1.82) is 0 Å². The van der Waals surface area contributed by atoms with Gasteiger partial charge in [-0.1, -0.05) is 24.0 Å².